The Morgan fingerprint density at radius 2 is 1.78 bits per heavy atom. The highest BCUT2D eigenvalue weighted by Gasteiger charge is 2.08. The number of anilines is 2. The minimum Gasteiger partial charge on any atom is -0.493 e. The fourth-order valence-corrected chi connectivity index (χ4v) is 2.23. The van der Waals surface area contributed by atoms with Gasteiger partial charge in [0.2, 0.25) is 5.91 Å². The van der Waals surface area contributed by atoms with Crippen molar-refractivity contribution in [3.63, 3.8) is 0 Å². The number of hydrogen-bond acceptors (Lipinski definition) is 4. The molecule has 0 bridgehead atoms. The minimum absolute atomic E-state index is 0. The van der Waals surface area contributed by atoms with Crippen molar-refractivity contribution in [2.45, 2.75) is 6.92 Å². The Hall–Kier alpha value is -2.49. The molecular weight excluding hydrogens is 459 g/mol. The Morgan fingerprint density at radius 1 is 1.04 bits per heavy atom. The first-order valence-corrected chi connectivity index (χ1v) is 8.29. The quantitative estimate of drug-likeness (QED) is 0.319. The van der Waals surface area contributed by atoms with Crippen molar-refractivity contribution in [2.24, 2.45) is 4.99 Å². The van der Waals surface area contributed by atoms with E-state index in [2.05, 4.69) is 20.9 Å². The maximum absolute atomic E-state index is 12.0. The largest absolute Gasteiger partial charge is 0.493 e. The Labute approximate surface area is 176 Å². The summed E-state index contributed by atoms with van der Waals surface area (Å²) in [6.45, 7) is 2.56. The smallest absolute Gasteiger partial charge is 0.243 e. The Kier molecular flexibility index (Phi) is 10.0. The number of halogens is 1. The van der Waals surface area contributed by atoms with Gasteiger partial charge in [-0.2, -0.15) is 0 Å². The summed E-state index contributed by atoms with van der Waals surface area (Å²) in [5.74, 6) is 1.60. The third-order valence-corrected chi connectivity index (χ3v) is 3.42. The number of para-hydroxylation sites is 1. The number of carbonyl (C=O) groups is 1. The molecule has 0 aliphatic heterocycles. The second kappa shape index (κ2) is 12.0. The number of aliphatic imine (C=N–C) groups is 1. The van der Waals surface area contributed by atoms with Crippen LogP contribution in [0, 0.1) is 0 Å². The zero-order valence-electron chi connectivity index (χ0n) is 15.6. The van der Waals surface area contributed by atoms with E-state index in [1.807, 2.05) is 55.5 Å². The number of hydrogen-bond donors (Lipinski definition) is 3. The van der Waals surface area contributed by atoms with E-state index in [1.165, 1.54) is 0 Å². The van der Waals surface area contributed by atoms with Crippen LogP contribution in [-0.4, -0.2) is 39.2 Å². The molecule has 0 saturated carbocycles. The summed E-state index contributed by atoms with van der Waals surface area (Å²) in [7, 11) is 3.22. The van der Waals surface area contributed by atoms with Crippen molar-refractivity contribution < 1.29 is 14.3 Å². The van der Waals surface area contributed by atoms with Crippen LogP contribution in [0.3, 0.4) is 0 Å². The average molecular weight is 484 g/mol. The standard InChI is InChI=1S/C19H24N4O3.HI/c1-4-26-16-11-10-15(12-17(16)25-3)23-19(20-2)21-13-18(24)22-14-8-6-5-7-9-14;/h5-12H,4,13H2,1-3H3,(H,22,24)(H2,20,21,23);1H. The number of benzene rings is 2. The highest BCUT2D eigenvalue weighted by Crippen LogP contribution is 2.30. The van der Waals surface area contributed by atoms with E-state index in [0.29, 0.717) is 24.1 Å². The molecule has 0 atom stereocenters. The monoisotopic (exact) mass is 484 g/mol. The van der Waals surface area contributed by atoms with Gasteiger partial charge in [0.25, 0.3) is 0 Å². The summed E-state index contributed by atoms with van der Waals surface area (Å²) in [6.07, 6.45) is 0. The second-order valence-electron chi connectivity index (χ2n) is 5.26. The molecule has 0 aliphatic carbocycles. The van der Waals surface area contributed by atoms with E-state index in [1.54, 1.807) is 14.2 Å². The summed E-state index contributed by atoms with van der Waals surface area (Å²) in [5, 5.41) is 8.89. The summed E-state index contributed by atoms with van der Waals surface area (Å²) in [6, 6.07) is 14.8. The molecule has 0 fully saturated rings. The first-order valence-electron chi connectivity index (χ1n) is 8.29. The molecule has 0 saturated heterocycles. The van der Waals surface area contributed by atoms with Crippen LogP contribution in [0.25, 0.3) is 0 Å². The van der Waals surface area contributed by atoms with Crippen LogP contribution in [0.15, 0.2) is 53.5 Å². The fraction of sp³-hybridized carbons (Fsp3) is 0.263. The lowest BCUT2D eigenvalue weighted by atomic mass is 10.2. The molecule has 7 nitrogen and oxygen atoms in total. The van der Waals surface area contributed by atoms with Crippen molar-refractivity contribution in [2.75, 3.05) is 37.9 Å². The van der Waals surface area contributed by atoms with Crippen molar-refractivity contribution in [3.8, 4) is 11.5 Å². The van der Waals surface area contributed by atoms with E-state index in [4.69, 9.17) is 9.47 Å². The molecule has 27 heavy (non-hydrogen) atoms. The van der Waals surface area contributed by atoms with Gasteiger partial charge in [0, 0.05) is 24.5 Å². The molecule has 1 amide bonds. The number of nitrogens with one attached hydrogen (secondary N) is 3. The summed E-state index contributed by atoms with van der Waals surface area (Å²) >= 11 is 0. The zero-order chi connectivity index (χ0) is 18.8. The number of ether oxygens (including phenoxy) is 2. The highest BCUT2D eigenvalue weighted by atomic mass is 127. The average Bonchev–Trinajstić information content (AvgIpc) is 2.67. The molecule has 0 heterocycles. The van der Waals surface area contributed by atoms with E-state index >= 15 is 0 Å². The Bertz CT molecular complexity index is 754. The molecular formula is C19H25IN4O3. The predicted octanol–water partition coefficient (Wildman–Crippen LogP) is 3.34. The normalized spacial score (nSPS) is 10.4. The molecule has 0 radical (unpaired) electrons. The van der Waals surface area contributed by atoms with E-state index in [0.717, 1.165) is 11.4 Å². The van der Waals surface area contributed by atoms with Crippen LogP contribution < -0.4 is 25.4 Å². The van der Waals surface area contributed by atoms with Gasteiger partial charge in [0.05, 0.1) is 20.3 Å². The van der Waals surface area contributed by atoms with E-state index < -0.39 is 0 Å². The van der Waals surface area contributed by atoms with Crippen molar-refractivity contribution in [3.05, 3.63) is 48.5 Å². The molecule has 0 aliphatic rings. The van der Waals surface area contributed by atoms with Gasteiger partial charge in [-0.05, 0) is 31.2 Å². The maximum atomic E-state index is 12.0. The molecule has 146 valence electrons. The Morgan fingerprint density at radius 3 is 2.41 bits per heavy atom. The first kappa shape index (κ1) is 22.6. The van der Waals surface area contributed by atoms with Crippen molar-refractivity contribution in [1.82, 2.24) is 5.32 Å². The summed E-state index contributed by atoms with van der Waals surface area (Å²) in [4.78, 5) is 16.1. The van der Waals surface area contributed by atoms with Gasteiger partial charge in [-0.25, -0.2) is 0 Å². The van der Waals surface area contributed by atoms with Gasteiger partial charge in [-0.15, -0.1) is 24.0 Å². The molecule has 2 aromatic carbocycles. The molecule has 0 aromatic heterocycles. The molecule has 3 N–H and O–H groups in total. The lowest BCUT2D eigenvalue weighted by Gasteiger charge is -2.14. The van der Waals surface area contributed by atoms with Gasteiger partial charge in [0.1, 0.15) is 0 Å². The van der Waals surface area contributed by atoms with Crippen LogP contribution in [0.1, 0.15) is 6.92 Å². The van der Waals surface area contributed by atoms with Crippen LogP contribution in [-0.2, 0) is 4.79 Å². The number of amides is 1. The SMILES string of the molecule is CCOc1ccc(NC(=NC)NCC(=O)Nc2ccccc2)cc1OC.I. The molecule has 2 rings (SSSR count). The van der Waals surface area contributed by atoms with Gasteiger partial charge in [-0.1, -0.05) is 18.2 Å². The summed E-state index contributed by atoms with van der Waals surface area (Å²) < 4.78 is 10.8. The van der Waals surface area contributed by atoms with Gasteiger partial charge in [-0.3, -0.25) is 9.79 Å². The zero-order valence-corrected chi connectivity index (χ0v) is 17.9. The predicted molar refractivity (Wildman–Crippen MR) is 120 cm³/mol. The minimum atomic E-state index is -0.163. The molecule has 2 aromatic rings. The lowest BCUT2D eigenvalue weighted by molar-refractivity contribution is -0.115. The first-order chi connectivity index (χ1) is 12.7. The van der Waals surface area contributed by atoms with Crippen LogP contribution >= 0.6 is 24.0 Å². The van der Waals surface area contributed by atoms with Crippen molar-refractivity contribution >= 4 is 47.2 Å². The molecule has 8 heteroatoms. The Balaban J connectivity index is 0.00000364. The van der Waals surface area contributed by atoms with Gasteiger partial charge < -0.3 is 25.4 Å². The van der Waals surface area contributed by atoms with Crippen LogP contribution in [0.2, 0.25) is 0 Å². The van der Waals surface area contributed by atoms with Crippen LogP contribution in [0.5, 0.6) is 11.5 Å². The van der Waals surface area contributed by atoms with Crippen LogP contribution in [0.4, 0.5) is 11.4 Å². The maximum Gasteiger partial charge on any atom is 0.243 e. The van der Waals surface area contributed by atoms with Gasteiger partial charge >= 0.3 is 0 Å². The third kappa shape index (κ3) is 7.33. The molecule has 0 unspecified atom stereocenters. The number of rotatable bonds is 7. The van der Waals surface area contributed by atoms with E-state index in [9.17, 15) is 4.79 Å². The van der Waals surface area contributed by atoms with E-state index in [-0.39, 0.29) is 36.4 Å². The number of nitrogens with zero attached hydrogens (tertiary/aromatic N) is 1. The molecule has 0 spiro atoms. The second-order valence-corrected chi connectivity index (χ2v) is 5.26. The fourth-order valence-electron chi connectivity index (χ4n) is 2.23. The van der Waals surface area contributed by atoms with Crippen molar-refractivity contribution in [1.29, 1.82) is 0 Å². The third-order valence-electron chi connectivity index (χ3n) is 3.42. The summed E-state index contributed by atoms with van der Waals surface area (Å²) in [5.41, 5.74) is 1.51. The highest BCUT2D eigenvalue weighted by molar-refractivity contribution is 14.0. The number of methoxy groups -OCH3 is 1. The number of carbonyl (C=O) groups excluding carboxylic acids is 1. The lowest BCUT2D eigenvalue weighted by Crippen LogP contribution is -2.37. The van der Waals surface area contributed by atoms with Gasteiger partial charge in [0.15, 0.2) is 17.5 Å². The number of guanidine groups is 1. The topological polar surface area (TPSA) is 84.0 Å².